The van der Waals surface area contributed by atoms with Gasteiger partial charge < -0.3 is 14.5 Å². The molecule has 3 rings (SSSR count). The van der Waals surface area contributed by atoms with E-state index < -0.39 is 0 Å². The summed E-state index contributed by atoms with van der Waals surface area (Å²) in [5, 5.41) is 0. The number of rotatable bonds is 6. The maximum Gasteiger partial charge on any atom is 0.232 e. The number of aryl methyl sites for hydroxylation is 1. The average molecular weight is 371 g/mol. The molecule has 0 atom stereocenters. The van der Waals surface area contributed by atoms with Crippen molar-refractivity contribution >= 4 is 23.4 Å². The fraction of sp³-hybridized carbons (Fsp3) is 0.381. The predicted octanol–water partition coefficient (Wildman–Crippen LogP) is 3.59. The minimum atomic E-state index is 0.238. The summed E-state index contributed by atoms with van der Waals surface area (Å²) < 4.78 is 5.45. The number of thioether (sulfide) groups is 1. The summed E-state index contributed by atoms with van der Waals surface area (Å²) in [5.74, 6) is 2.56. The Balaban J connectivity index is 1.46. The second-order valence-corrected chi connectivity index (χ2v) is 7.51. The number of hydrogen-bond acceptors (Lipinski definition) is 4. The minimum absolute atomic E-state index is 0.238. The summed E-state index contributed by atoms with van der Waals surface area (Å²) >= 11 is 1.70. The lowest BCUT2D eigenvalue weighted by molar-refractivity contribution is -0.128. The van der Waals surface area contributed by atoms with Crippen molar-refractivity contribution in [3.05, 3.63) is 59.7 Å². The number of amides is 1. The van der Waals surface area contributed by atoms with E-state index in [0.717, 1.165) is 43.4 Å². The van der Waals surface area contributed by atoms with Crippen LogP contribution in [0.3, 0.4) is 0 Å². The minimum Gasteiger partial charge on any atom is -0.495 e. The lowest BCUT2D eigenvalue weighted by Gasteiger charge is -2.36. The zero-order valence-corrected chi connectivity index (χ0v) is 16.3. The fourth-order valence-electron chi connectivity index (χ4n) is 3.24. The van der Waals surface area contributed by atoms with E-state index >= 15 is 0 Å². The van der Waals surface area contributed by atoms with Gasteiger partial charge in [0.1, 0.15) is 5.75 Å². The SMILES string of the molecule is COc1ccccc1N1CCN(C(=O)CSCc2cccc(C)c2)CC1. The van der Waals surface area contributed by atoms with Crippen molar-refractivity contribution in [3.63, 3.8) is 0 Å². The third kappa shape index (κ3) is 4.73. The first kappa shape index (κ1) is 18.6. The number of carbonyl (C=O) groups is 1. The standard InChI is InChI=1S/C21H26N2O2S/c1-17-6-5-7-18(14-17)15-26-16-21(24)23-12-10-22(11-13-23)19-8-3-4-9-20(19)25-2/h3-9,14H,10-13,15-16H2,1-2H3. The molecule has 0 aromatic heterocycles. The van der Waals surface area contributed by atoms with Crippen molar-refractivity contribution in [1.82, 2.24) is 4.90 Å². The molecule has 2 aromatic rings. The van der Waals surface area contributed by atoms with Crippen LogP contribution in [0.4, 0.5) is 5.69 Å². The molecule has 1 aliphatic heterocycles. The number of hydrogen-bond donors (Lipinski definition) is 0. The number of ether oxygens (including phenoxy) is 1. The summed E-state index contributed by atoms with van der Waals surface area (Å²) in [4.78, 5) is 16.8. The molecule has 0 spiro atoms. The Bertz CT molecular complexity index is 742. The first-order valence-electron chi connectivity index (χ1n) is 8.96. The highest BCUT2D eigenvalue weighted by Gasteiger charge is 2.22. The van der Waals surface area contributed by atoms with Gasteiger partial charge in [-0.2, -0.15) is 0 Å². The van der Waals surface area contributed by atoms with E-state index in [9.17, 15) is 4.79 Å². The maximum atomic E-state index is 12.5. The Labute approximate surface area is 160 Å². The van der Waals surface area contributed by atoms with E-state index in [4.69, 9.17) is 4.74 Å². The summed E-state index contributed by atoms with van der Waals surface area (Å²) in [6.45, 7) is 5.31. The smallest absolute Gasteiger partial charge is 0.232 e. The summed E-state index contributed by atoms with van der Waals surface area (Å²) in [6.07, 6.45) is 0. The quantitative estimate of drug-likeness (QED) is 0.778. The van der Waals surface area contributed by atoms with Crippen molar-refractivity contribution in [2.45, 2.75) is 12.7 Å². The van der Waals surface area contributed by atoms with Crippen LogP contribution in [0.1, 0.15) is 11.1 Å². The largest absolute Gasteiger partial charge is 0.495 e. The van der Waals surface area contributed by atoms with Gasteiger partial charge in [-0.1, -0.05) is 42.0 Å². The van der Waals surface area contributed by atoms with Crippen molar-refractivity contribution < 1.29 is 9.53 Å². The van der Waals surface area contributed by atoms with Crippen LogP contribution >= 0.6 is 11.8 Å². The predicted molar refractivity (Wildman–Crippen MR) is 109 cm³/mol. The number of para-hydroxylation sites is 2. The summed E-state index contributed by atoms with van der Waals surface area (Å²) in [7, 11) is 1.70. The third-order valence-corrected chi connectivity index (χ3v) is 5.62. The van der Waals surface area contributed by atoms with Crippen LogP contribution in [-0.4, -0.2) is 49.8 Å². The van der Waals surface area contributed by atoms with E-state index in [1.807, 2.05) is 23.1 Å². The van der Waals surface area contributed by atoms with Gasteiger partial charge in [-0.25, -0.2) is 0 Å². The van der Waals surface area contributed by atoms with Gasteiger partial charge in [-0.15, -0.1) is 11.8 Å². The number of benzene rings is 2. The highest BCUT2D eigenvalue weighted by atomic mass is 32.2. The Kier molecular flexibility index (Phi) is 6.45. The van der Waals surface area contributed by atoms with E-state index in [1.165, 1.54) is 11.1 Å². The molecule has 0 bridgehead atoms. The van der Waals surface area contributed by atoms with E-state index in [1.54, 1.807) is 18.9 Å². The summed E-state index contributed by atoms with van der Waals surface area (Å²) in [5.41, 5.74) is 3.65. The number of carbonyl (C=O) groups excluding carboxylic acids is 1. The van der Waals surface area contributed by atoms with Gasteiger partial charge in [-0.3, -0.25) is 4.79 Å². The molecule has 26 heavy (non-hydrogen) atoms. The van der Waals surface area contributed by atoms with Crippen LogP contribution in [0.15, 0.2) is 48.5 Å². The molecular weight excluding hydrogens is 344 g/mol. The number of methoxy groups -OCH3 is 1. The van der Waals surface area contributed by atoms with Crippen LogP contribution in [0, 0.1) is 6.92 Å². The number of anilines is 1. The van der Waals surface area contributed by atoms with Crippen LogP contribution in [0.2, 0.25) is 0 Å². The zero-order chi connectivity index (χ0) is 18.4. The molecule has 138 valence electrons. The third-order valence-electron chi connectivity index (χ3n) is 4.63. The van der Waals surface area contributed by atoms with Crippen LogP contribution in [0.5, 0.6) is 5.75 Å². The van der Waals surface area contributed by atoms with Gasteiger partial charge in [0, 0.05) is 31.9 Å². The molecule has 1 aliphatic rings. The molecule has 4 nitrogen and oxygen atoms in total. The number of nitrogens with zero attached hydrogens (tertiary/aromatic N) is 2. The van der Waals surface area contributed by atoms with Crippen molar-refractivity contribution in [2.24, 2.45) is 0 Å². The van der Waals surface area contributed by atoms with E-state index in [0.29, 0.717) is 5.75 Å². The molecule has 1 saturated heterocycles. The van der Waals surface area contributed by atoms with Gasteiger partial charge in [-0.05, 0) is 24.6 Å². The van der Waals surface area contributed by atoms with Crippen molar-refractivity contribution in [2.75, 3.05) is 43.9 Å². The molecule has 0 radical (unpaired) electrons. The monoisotopic (exact) mass is 370 g/mol. The Morgan fingerprint density at radius 3 is 2.58 bits per heavy atom. The molecule has 1 heterocycles. The lowest BCUT2D eigenvalue weighted by atomic mass is 10.2. The van der Waals surface area contributed by atoms with Crippen LogP contribution < -0.4 is 9.64 Å². The second-order valence-electron chi connectivity index (χ2n) is 6.52. The normalized spacial score (nSPS) is 14.4. The highest BCUT2D eigenvalue weighted by molar-refractivity contribution is 7.99. The molecule has 1 fully saturated rings. The summed E-state index contributed by atoms with van der Waals surface area (Å²) in [6, 6.07) is 16.5. The zero-order valence-electron chi connectivity index (χ0n) is 15.5. The van der Waals surface area contributed by atoms with Gasteiger partial charge >= 0.3 is 0 Å². The first-order valence-corrected chi connectivity index (χ1v) is 10.1. The van der Waals surface area contributed by atoms with Crippen molar-refractivity contribution in [3.8, 4) is 5.75 Å². The maximum absolute atomic E-state index is 12.5. The Morgan fingerprint density at radius 2 is 1.85 bits per heavy atom. The molecule has 5 heteroatoms. The lowest BCUT2D eigenvalue weighted by Crippen LogP contribution is -2.49. The Hall–Kier alpha value is -2.14. The number of piperazine rings is 1. The Morgan fingerprint density at radius 1 is 1.08 bits per heavy atom. The van der Waals surface area contributed by atoms with Crippen LogP contribution in [-0.2, 0) is 10.5 Å². The van der Waals surface area contributed by atoms with E-state index in [2.05, 4.69) is 42.2 Å². The molecule has 1 amide bonds. The fourth-order valence-corrected chi connectivity index (χ4v) is 4.11. The van der Waals surface area contributed by atoms with Crippen molar-refractivity contribution in [1.29, 1.82) is 0 Å². The van der Waals surface area contributed by atoms with E-state index in [-0.39, 0.29) is 5.91 Å². The molecular formula is C21H26N2O2S. The highest BCUT2D eigenvalue weighted by Crippen LogP contribution is 2.28. The first-order chi connectivity index (χ1) is 12.7. The average Bonchev–Trinajstić information content (AvgIpc) is 2.68. The molecule has 0 N–H and O–H groups in total. The topological polar surface area (TPSA) is 32.8 Å². The van der Waals surface area contributed by atoms with Gasteiger partial charge in [0.2, 0.25) is 5.91 Å². The second kappa shape index (κ2) is 8.99. The van der Waals surface area contributed by atoms with Gasteiger partial charge in [0.05, 0.1) is 18.6 Å². The molecule has 2 aromatic carbocycles. The van der Waals surface area contributed by atoms with Gasteiger partial charge in [0.15, 0.2) is 0 Å². The molecule has 0 saturated carbocycles. The van der Waals surface area contributed by atoms with Gasteiger partial charge in [0.25, 0.3) is 0 Å². The molecule has 0 unspecified atom stereocenters. The molecule has 0 aliphatic carbocycles. The van der Waals surface area contributed by atoms with Crippen LogP contribution in [0.25, 0.3) is 0 Å².